The molecule has 5 heteroatoms. The molecule has 2 unspecified atom stereocenters. The van der Waals surface area contributed by atoms with Gasteiger partial charge < -0.3 is 14.6 Å². The Kier molecular flexibility index (Phi) is 5.89. The summed E-state index contributed by atoms with van der Waals surface area (Å²) in [5.41, 5.74) is -0.0403. The average molecular weight is 383 g/mol. The number of methoxy groups -OCH3 is 1. The Hall–Kier alpha value is -2.21. The van der Waals surface area contributed by atoms with E-state index in [4.69, 9.17) is 9.47 Å². The van der Waals surface area contributed by atoms with Crippen LogP contribution in [-0.4, -0.2) is 47.4 Å². The number of carbonyl (C=O) groups is 1. The second kappa shape index (κ2) is 8.03. The molecule has 0 aliphatic carbocycles. The predicted octanol–water partition coefficient (Wildman–Crippen LogP) is 3.50. The van der Waals surface area contributed by atoms with Crippen LogP contribution in [0, 0.1) is 0 Å². The van der Waals surface area contributed by atoms with E-state index in [1.165, 1.54) is 0 Å². The summed E-state index contributed by atoms with van der Waals surface area (Å²) < 4.78 is 11.2. The molecular weight excluding hydrogens is 354 g/mol. The van der Waals surface area contributed by atoms with Crippen LogP contribution in [0.2, 0.25) is 0 Å². The summed E-state index contributed by atoms with van der Waals surface area (Å²) >= 11 is 0. The molecule has 1 N–H and O–H groups in total. The molecule has 2 aromatic carbocycles. The molecule has 150 valence electrons. The first-order valence-corrected chi connectivity index (χ1v) is 9.56. The molecule has 2 aromatic rings. The SMILES string of the molecule is COC[C@@H](c1ccccc1)N1C[C@]1(C(=O)OC(C)(C)C)C(O)c1ccccc1. The minimum atomic E-state index is -1.13. The Morgan fingerprint density at radius 2 is 1.61 bits per heavy atom. The maximum absolute atomic E-state index is 13.2. The molecule has 3 rings (SSSR count). The van der Waals surface area contributed by atoms with Crippen molar-refractivity contribution in [3.05, 3.63) is 71.8 Å². The van der Waals surface area contributed by atoms with Gasteiger partial charge in [-0.05, 0) is 31.9 Å². The summed E-state index contributed by atoms with van der Waals surface area (Å²) in [5.74, 6) is -0.409. The van der Waals surface area contributed by atoms with Gasteiger partial charge in [-0.2, -0.15) is 0 Å². The molecule has 1 saturated heterocycles. The van der Waals surface area contributed by atoms with E-state index >= 15 is 0 Å². The lowest BCUT2D eigenvalue weighted by molar-refractivity contribution is -0.164. The zero-order valence-corrected chi connectivity index (χ0v) is 17.0. The fraction of sp³-hybridized carbons (Fsp3) is 0.435. The number of ether oxygens (including phenoxy) is 2. The van der Waals surface area contributed by atoms with Crippen LogP contribution in [0.4, 0.5) is 0 Å². The van der Waals surface area contributed by atoms with Crippen LogP contribution in [0.25, 0.3) is 0 Å². The number of esters is 1. The number of rotatable bonds is 7. The van der Waals surface area contributed by atoms with Crippen molar-refractivity contribution in [1.82, 2.24) is 4.90 Å². The lowest BCUT2D eigenvalue weighted by Crippen LogP contribution is -2.42. The van der Waals surface area contributed by atoms with E-state index in [0.29, 0.717) is 18.7 Å². The minimum absolute atomic E-state index is 0.155. The number of hydrogen-bond acceptors (Lipinski definition) is 5. The molecule has 5 nitrogen and oxygen atoms in total. The first kappa shape index (κ1) is 20.5. The third kappa shape index (κ3) is 4.12. The second-order valence-electron chi connectivity index (χ2n) is 8.25. The van der Waals surface area contributed by atoms with Crippen LogP contribution in [0.5, 0.6) is 0 Å². The number of nitrogens with zero attached hydrogens (tertiary/aromatic N) is 1. The van der Waals surface area contributed by atoms with Crippen LogP contribution in [0.15, 0.2) is 60.7 Å². The Labute approximate surface area is 166 Å². The predicted molar refractivity (Wildman–Crippen MR) is 108 cm³/mol. The van der Waals surface area contributed by atoms with E-state index in [1.54, 1.807) is 7.11 Å². The van der Waals surface area contributed by atoms with Crippen LogP contribution in [0.3, 0.4) is 0 Å². The first-order valence-electron chi connectivity index (χ1n) is 9.56. The van der Waals surface area contributed by atoms with Crippen molar-refractivity contribution >= 4 is 5.97 Å². The van der Waals surface area contributed by atoms with Crippen molar-refractivity contribution in [2.75, 3.05) is 20.3 Å². The Morgan fingerprint density at radius 3 is 2.11 bits per heavy atom. The van der Waals surface area contributed by atoms with Gasteiger partial charge in [0.15, 0.2) is 5.54 Å². The first-order chi connectivity index (χ1) is 13.3. The van der Waals surface area contributed by atoms with Gasteiger partial charge in [-0.3, -0.25) is 4.90 Å². The molecule has 0 aromatic heterocycles. The molecule has 28 heavy (non-hydrogen) atoms. The maximum Gasteiger partial charge on any atom is 0.331 e. The van der Waals surface area contributed by atoms with Crippen LogP contribution >= 0.6 is 0 Å². The molecule has 1 heterocycles. The lowest BCUT2D eigenvalue weighted by atomic mass is 9.94. The van der Waals surface area contributed by atoms with E-state index in [-0.39, 0.29) is 6.04 Å². The number of carbonyl (C=O) groups excluding carboxylic acids is 1. The summed E-state index contributed by atoms with van der Waals surface area (Å²) in [6, 6.07) is 19.0. The molecule has 1 aliphatic heterocycles. The van der Waals surface area contributed by atoms with Crippen LogP contribution in [0.1, 0.15) is 44.0 Å². The summed E-state index contributed by atoms with van der Waals surface area (Å²) in [5, 5.41) is 11.2. The molecule has 1 fully saturated rings. The van der Waals surface area contributed by atoms with Gasteiger partial charge in [0, 0.05) is 13.7 Å². The van der Waals surface area contributed by atoms with Crippen molar-refractivity contribution in [2.45, 2.75) is 44.1 Å². The van der Waals surface area contributed by atoms with Gasteiger partial charge in [0.2, 0.25) is 0 Å². The second-order valence-corrected chi connectivity index (χ2v) is 8.25. The van der Waals surface area contributed by atoms with Crippen molar-refractivity contribution in [1.29, 1.82) is 0 Å². The smallest absolute Gasteiger partial charge is 0.331 e. The van der Waals surface area contributed by atoms with E-state index < -0.39 is 23.2 Å². The van der Waals surface area contributed by atoms with Crippen LogP contribution < -0.4 is 0 Å². The molecule has 0 radical (unpaired) electrons. The van der Waals surface area contributed by atoms with Gasteiger partial charge in [-0.25, -0.2) is 4.79 Å². The number of hydrogen-bond donors (Lipinski definition) is 1. The standard InChI is InChI=1S/C23H29NO4/c1-22(2,3)28-21(26)23(20(25)18-13-9-6-10-14-18)16-24(23)19(15-27-4)17-11-7-5-8-12-17/h5-14,19-20,25H,15-16H2,1-4H3/t19-,20?,23+,24?/m0/s1. The normalized spacial score (nSPS) is 23.7. The van der Waals surface area contributed by atoms with Gasteiger partial charge in [0.25, 0.3) is 0 Å². The largest absolute Gasteiger partial charge is 0.458 e. The third-order valence-electron chi connectivity index (χ3n) is 5.03. The Morgan fingerprint density at radius 1 is 1.07 bits per heavy atom. The number of aliphatic hydroxyl groups excluding tert-OH is 1. The summed E-state index contributed by atoms with van der Waals surface area (Å²) in [6.45, 7) is 6.33. The van der Waals surface area contributed by atoms with E-state index in [9.17, 15) is 9.90 Å². The summed E-state index contributed by atoms with van der Waals surface area (Å²) in [7, 11) is 1.64. The molecule has 4 atom stereocenters. The number of benzene rings is 2. The van der Waals surface area contributed by atoms with Crippen molar-refractivity contribution < 1.29 is 19.4 Å². The molecule has 0 saturated carbocycles. The fourth-order valence-electron chi connectivity index (χ4n) is 3.63. The van der Waals surface area contributed by atoms with Crippen molar-refractivity contribution in [3.8, 4) is 0 Å². The third-order valence-corrected chi connectivity index (χ3v) is 5.03. The van der Waals surface area contributed by atoms with Crippen molar-refractivity contribution in [3.63, 3.8) is 0 Å². The van der Waals surface area contributed by atoms with E-state index in [2.05, 4.69) is 0 Å². The van der Waals surface area contributed by atoms with Crippen LogP contribution in [-0.2, 0) is 14.3 Å². The fourth-order valence-corrected chi connectivity index (χ4v) is 3.63. The van der Waals surface area contributed by atoms with E-state index in [0.717, 1.165) is 5.56 Å². The highest BCUT2D eigenvalue weighted by Gasteiger charge is 2.67. The monoisotopic (exact) mass is 383 g/mol. The molecule has 1 aliphatic rings. The number of aliphatic hydroxyl groups is 1. The van der Waals surface area contributed by atoms with Gasteiger partial charge in [0.1, 0.15) is 11.7 Å². The van der Waals surface area contributed by atoms with Gasteiger partial charge in [0.05, 0.1) is 12.6 Å². The quantitative estimate of drug-likeness (QED) is 0.586. The van der Waals surface area contributed by atoms with Crippen molar-refractivity contribution in [2.24, 2.45) is 0 Å². The average Bonchev–Trinajstić information content (AvgIpc) is 3.42. The highest BCUT2D eigenvalue weighted by molar-refractivity contribution is 5.86. The van der Waals surface area contributed by atoms with Gasteiger partial charge in [-0.1, -0.05) is 60.7 Å². The topological polar surface area (TPSA) is 58.8 Å². The molecule has 0 amide bonds. The van der Waals surface area contributed by atoms with Gasteiger partial charge in [-0.15, -0.1) is 0 Å². The van der Waals surface area contributed by atoms with E-state index in [1.807, 2.05) is 86.3 Å². The Balaban J connectivity index is 1.97. The minimum Gasteiger partial charge on any atom is -0.458 e. The zero-order valence-electron chi connectivity index (χ0n) is 17.0. The molecule has 0 bridgehead atoms. The summed E-state index contributed by atoms with van der Waals surface area (Å²) in [4.78, 5) is 15.2. The summed E-state index contributed by atoms with van der Waals surface area (Å²) in [6.07, 6.45) is -0.994. The highest BCUT2D eigenvalue weighted by Crippen LogP contribution is 2.50. The Bertz CT molecular complexity index is 787. The zero-order chi connectivity index (χ0) is 20.4. The maximum atomic E-state index is 13.2. The molecule has 0 spiro atoms. The molecular formula is C23H29NO4. The highest BCUT2D eigenvalue weighted by atomic mass is 16.6. The van der Waals surface area contributed by atoms with Gasteiger partial charge >= 0.3 is 5.97 Å². The lowest BCUT2D eigenvalue weighted by Gasteiger charge is -2.30.